The van der Waals surface area contributed by atoms with Crippen LogP contribution in [0.5, 0.6) is 0 Å². The summed E-state index contributed by atoms with van der Waals surface area (Å²) >= 11 is 0. The summed E-state index contributed by atoms with van der Waals surface area (Å²) in [6, 6.07) is 1.81. The number of hydrogen-bond donors (Lipinski definition) is 1. The van der Waals surface area contributed by atoms with Gasteiger partial charge in [0.1, 0.15) is 5.60 Å². The maximum Gasteiger partial charge on any atom is 0.225 e. The van der Waals surface area contributed by atoms with E-state index >= 15 is 0 Å². The Labute approximate surface area is 136 Å². The number of nitrogens with one attached hydrogen (secondary N) is 1. The molecule has 3 aliphatic rings. The monoisotopic (exact) mass is 338 g/mol. The second-order valence-electron chi connectivity index (χ2n) is 6.90. The van der Waals surface area contributed by atoms with E-state index in [0.717, 1.165) is 44.7 Å². The van der Waals surface area contributed by atoms with Crippen LogP contribution in [0.4, 0.5) is 5.95 Å². The van der Waals surface area contributed by atoms with E-state index < -0.39 is 10.0 Å². The lowest BCUT2D eigenvalue weighted by Crippen LogP contribution is -2.65. The van der Waals surface area contributed by atoms with Gasteiger partial charge in [0.2, 0.25) is 16.0 Å². The third kappa shape index (κ3) is 3.20. The predicted molar refractivity (Wildman–Crippen MR) is 85.6 cm³/mol. The molecule has 1 N–H and O–H groups in total. The molecule has 1 aliphatic carbocycles. The number of anilines is 1. The first-order valence-corrected chi connectivity index (χ1v) is 9.75. The van der Waals surface area contributed by atoms with Crippen LogP contribution in [0.25, 0.3) is 0 Å². The van der Waals surface area contributed by atoms with E-state index in [1.807, 2.05) is 6.07 Å². The molecule has 1 saturated carbocycles. The fraction of sp³-hybridized carbons (Fsp3) is 0.733. The van der Waals surface area contributed by atoms with E-state index in [1.165, 1.54) is 0 Å². The molecule has 1 aromatic rings. The zero-order valence-electron chi connectivity index (χ0n) is 13.0. The Hall–Kier alpha value is -1.25. The van der Waals surface area contributed by atoms with E-state index in [1.54, 1.807) is 12.4 Å². The van der Waals surface area contributed by atoms with Crippen molar-refractivity contribution in [2.75, 3.05) is 31.1 Å². The van der Waals surface area contributed by atoms with Gasteiger partial charge in [0, 0.05) is 18.9 Å². The van der Waals surface area contributed by atoms with Gasteiger partial charge in [-0.15, -0.1) is 0 Å². The van der Waals surface area contributed by atoms with Crippen molar-refractivity contribution < 1.29 is 13.2 Å². The van der Waals surface area contributed by atoms with Gasteiger partial charge in [0.15, 0.2) is 0 Å². The molecule has 2 aliphatic heterocycles. The van der Waals surface area contributed by atoms with Crippen molar-refractivity contribution >= 4 is 16.0 Å². The summed E-state index contributed by atoms with van der Waals surface area (Å²) in [6.45, 7) is 2.76. The van der Waals surface area contributed by atoms with Gasteiger partial charge < -0.3 is 9.64 Å². The molecule has 1 atom stereocenters. The van der Waals surface area contributed by atoms with Crippen molar-refractivity contribution in [1.82, 2.24) is 14.7 Å². The Kier molecular flexibility index (Phi) is 3.78. The van der Waals surface area contributed by atoms with Crippen molar-refractivity contribution in [3.63, 3.8) is 0 Å². The summed E-state index contributed by atoms with van der Waals surface area (Å²) < 4.78 is 32.5. The average Bonchev–Trinajstić information content (AvgIpc) is 3.38. The topological polar surface area (TPSA) is 84.4 Å². The highest BCUT2D eigenvalue weighted by molar-refractivity contribution is 7.90. The minimum Gasteiger partial charge on any atom is -0.371 e. The molecule has 4 rings (SSSR count). The van der Waals surface area contributed by atoms with Gasteiger partial charge >= 0.3 is 0 Å². The van der Waals surface area contributed by atoms with Crippen LogP contribution < -0.4 is 9.62 Å². The number of aromatic nitrogens is 2. The van der Waals surface area contributed by atoms with E-state index in [9.17, 15) is 8.42 Å². The Morgan fingerprint density at radius 1 is 1.26 bits per heavy atom. The van der Waals surface area contributed by atoms with Crippen LogP contribution in [0.15, 0.2) is 18.5 Å². The van der Waals surface area contributed by atoms with Gasteiger partial charge in [0.25, 0.3) is 0 Å². The fourth-order valence-electron chi connectivity index (χ4n) is 3.30. The molecular weight excluding hydrogens is 316 g/mol. The highest BCUT2D eigenvalue weighted by Gasteiger charge is 2.47. The highest BCUT2D eigenvalue weighted by atomic mass is 32.2. The molecule has 126 valence electrons. The predicted octanol–water partition coefficient (Wildman–Crippen LogP) is 0.544. The van der Waals surface area contributed by atoms with E-state index in [2.05, 4.69) is 19.6 Å². The molecule has 7 nitrogen and oxygen atoms in total. The summed E-state index contributed by atoms with van der Waals surface area (Å²) in [5, 5.41) is -0.149. The number of nitrogens with zero attached hydrogens (tertiary/aromatic N) is 3. The molecular formula is C15H22N4O3S. The highest BCUT2D eigenvalue weighted by Crippen LogP contribution is 2.37. The molecule has 0 amide bonds. The summed E-state index contributed by atoms with van der Waals surface area (Å²) in [6.07, 6.45) is 7.06. The Morgan fingerprint density at radius 3 is 2.61 bits per heavy atom. The molecule has 0 aromatic carbocycles. The summed E-state index contributed by atoms with van der Waals surface area (Å²) in [5.41, 5.74) is -0.0922. The van der Waals surface area contributed by atoms with Crippen LogP contribution in [0.1, 0.15) is 25.7 Å². The smallest absolute Gasteiger partial charge is 0.225 e. The minimum atomic E-state index is -3.08. The van der Waals surface area contributed by atoms with Gasteiger partial charge in [-0.3, -0.25) is 0 Å². The molecule has 0 bridgehead atoms. The molecule has 1 spiro atoms. The lowest BCUT2D eigenvalue weighted by Gasteiger charge is -2.52. The number of hydrogen-bond acceptors (Lipinski definition) is 6. The molecule has 2 saturated heterocycles. The summed E-state index contributed by atoms with van der Waals surface area (Å²) in [4.78, 5) is 10.6. The third-order valence-corrected chi connectivity index (χ3v) is 6.88. The van der Waals surface area contributed by atoms with E-state index in [-0.39, 0.29) is 16.8 Å². The molecule has 3 fully saturated rings. The average molecular weight is 338 g/mol. The summed E-state index contributed by atoms with van der Waals surface area (Å²) in [7, 11) is -3.08. The largest absolute Gasteiger partial charge is 0.371 e. The number of sulfonamides is 1. The first-order valence-electron chi connectivity index (χ1n) is 8.21. The van der Waals surface area contributed by atoms with Crippen LogP contribution in [0.3, 0.4) is 0 Å². The van der Waals surface area contributed by atoms with Crippen LogP contribution >= 0.6 is 0 Å². The lowest BCUT2D eigenvalue weighted by atomic mass is 9.83. The van der Waals surface area contributed by atoms with Crippen molar-refractivity contribution in [3.05, 3.63) is 18.5 Å². The molecule has 23 heavy (non-hydrogen) atoms. The second kappa shape index (κ2) is 5.68. The van der Waals surface area contributed by atoms with E-state index in [4.69, 9.17) is 4.74 Å². The Balaban J connectivity index is 1.24. The van der Waals surface area contributed by atoms with Crippen LogP contribution in [-0.4, -0.2) is 55.5 Å². The second-order valence-corrected chi connectivity index (χ2v) is 8.94. The zero-order valence-corrected chi connectivity index (χ0v) is 13.8. The Morgan fingerprint density at radius 2 is 2.00 bits per heavy atom. The van der Waals surface area contributed by atoms with Crippen LogP contribution in [-0.2, 0) is 14.8 Å². The molecule has 1 aromatic heterocycles. The van der Waals surface area contributed by atoms with Gasteiger partial charge in [-0.2, -0.15) is 0 Å². The quantitative estimate of drug-likeness (QED) is 0.844. The molecule has 3 heterocycles. The maximum absolute atomic E-state index is 11.9. The first-order chi connectivity index (χ1) is 11.1. The number of ether oxygens (including phenoxy) is 1. The molecule has 8 heteroatoms. The van der Waals surface area contributed by atoms with Crippen molar-refractivity contribution in [2.45, 2.75) is 36.5 Å². The van der Waals surface area contributed by atoms with Crippen molar-refractivity contribution in [3.8, 4) is 0 Å². The van der Waals surface area contributed by atoms with Gasteiger partial charge in [-0.25, -0.2) is 23.1 Å². The fourth-order valence-corrected chi connectivity index (χ4v) is 4.76. The van der Waals surface area contributed by atoms with E-state index in [0.29, 0.717) is 13.2 Å². The van der Waals surface area contributed by atoms with Gasteiger partial charge in [-0.1, -0.05) is 0 Å². The lowest BCUT2D eigenvalue weighted by molar-refractivity contribution is -0.115. The summed E-state index contributed by atoms with van der Waals surface area (Å²) in [5.74, 6) is 1.03. The molecule has 0 radical (unpaired) electrons. The van der Waals surface area contributed by atoms with Crippen molar-refractivity contribution in [1.29, 1.82) is 0 Å². The Bertz CT molecular complexity index is 647. The van der Waals surface area contributed by atoms with Crippen molar-refractivity contribution in [2.24, 2.45) is 5.92 Å². The maximum atomic E-state index is 11.9. The standard InChI is InChI=1S/C15H22N4O3S/c20-23(21,13-2-3-13)18-8-12-4-5-15(22-9-12)10-19(11-15)14-16-6-1-7-17-14/h1,6-7,12-13,18H,2-5,8-11H2/t12-/m0/s1. The third-order valence-electron chi connectivity index (χ3n) is 4.96. The number of rotatable bonds is 5. The SMILES string of the molecule is O=S(=O)(NC[C@@H]1CCC2(CN(c3ncccn3)C2)OC1)C1CC1. The zero-order chi connectivity index (χ0) is 15.9. The van der Waals surface area contributed by atoms with Gasteiger partial charge in [-0.05, 0) is 37.7 Å². The molecule has 0 unspecified atom stereocenters. The minimum absolute atomic E-state index is 0.0922. The van der Waals surface area contributed by atoms with Gasteiger partial charge in [0.05, 0.1) is 24.9 Å². The normalized spacial score (nSPS) is 27.0. The first kappa shape index (κ1) is 15.3. The van der Waals surface area contributed by atoms with Crippen LogP contribution in [0.2, 0.25) is 0 Å². The van der Waals surface area contributed by atoms with Crippen LogP contribution in [0, 0.1) is 5.92 Å².